The smallest absolute Gasteiger partial charge is 0.286 e. The van der Waals surface area contributed by atoms with E-state index in [1.807, 2.05) is 62.4 Å². The van der Waals surface area contributed by atoms with Gasteiger partial charge in [0, 0.05) is 29.3 Å². The molecular weight excluding hydrogens is 345 g/mol. The summed E-state index contributed by atoms with van der Waals surface area (Å²) in [7, 11) is -1.11. The van der Waals surface area contributed by atoms with Crippen LogP contribution in [0.15, 0.2) is 58.3 Å². The van der Waals surface area contributed by atoms with Crippen molar-refractivity contribution in [3.8, 4) is 0 Å². The third-order valence-corrected chi connectivity index (χ3v) is 7.40. The second-order valence-corrected chi connectivity index (χ2v) is 9.53. The molecule has 104 valence electrons. The van der Waals surface area contributed by atoms with Gasteiger partial charge in [-0.15, -0.1) is 0 Å². The van der Waals surface area contributed by atoms with Crippen LogP contribution in [-0.2, 0) is 29.6 Å². The van der Waals surface area contributed by atoms with E-state index in [1.54, 1.807) is 0 Å². The van der Waals surface area contributed by atoms with E-state index in [0.717, 1.165) is 20.9 Å². The number of hydrogen-bond acceptors (Lipinski definition) is 0. The van der Waals surface area contributed by atoms with Crippen LogP contribution in [0.25, 0.3) is 0 Å². The zero-order chi connectivity index (χ0) is 14.0. The van der Waals surface area contributed by atoms with Crippen LogP contribution >= 0.6 is 6.72 Å². The molecule has 0 fully saturated rings. The molecule has 2 rings (SSSR count). The molecule has 0 spiro atoms. The molecule has 0 aliphatic heterocycles. The largest absolute Gasteiger partial charge is 0.328 e. The summed E-state index contributed by atoms with van der Waals surface area (Å²) in [5, 5.41) is 0. The Morgan fingerprint density at radius 1 is 0.700 bits per heavy atom. The summed E-state index contributed by atoms with van der Waals surface area (Å²) >= 11 is 0. The fourth-order valence-electron chi connectivity index (χ4n) is 1.75. The summed E-state index contributed by atoms with van der Waals surface area (Å²) in [6, 6.07) is 14.9. The van der Waals surface area contributed by atoms with Crippen molar-refractivity contribution in [2.45, 2.75) is 23.6 Å². The molecule has 2 aromatic rings. The Kier molecular flexibility index (Phi) is 6.34. The maximum atomic E-state index is 9.76. The molecule has 0 unspecified atom stereocenters. The minimum atomic E-state index is -3.97. The molecule has 0 aromatic heterocycles. The molecular formula is C14H17O3PSZn. The SMILES string of the molecule is Cc1ccc(S(c2ccc(C)cc2)=P(O)(O)O)cc1.[Zn]. The summed E-state index contributed by atoms with van der Waals surface area (Å²) < 4.78 is 0. The van der Waals surface area contributed by atoms with Gasteiger partial charge in [-0.05, 0) is 38.1 Å². The predicted molar refractivity (Wildman–Crippen MR) is 79.8 cm³/mol. The van der Waals surface area contributed by atoms with Crippen molar-refractivity contribution in [1.29, 1.82) is 0 Å². The zero-order valence-electron chi connectivity index (χ0n) is 11.5. The molecule has 0 saturated heterocycles. The van der Waals surface area contributed by atoms with Gasteiger partial charge in [0.2, 0.25) is 0 Å². The van der Waals surface area contributed by atoms with Crippen molar-refractivity contribution >= 4 is 16.8 Å². The first-order chi connectivity index (χ1) is 8.88. The average molecular weight is 362 g/mol. The van der Waals surface area contributed by atoms with Crippen LogP contribution in [0.4, 0.5) is 0 Å². The number of hydrogen-bond donors (Lipinski definition) is 3. The van der Waals surface area contributed by atoms with Crippen LogP contribution in [-0.4, -0.2) is 14.7 Å². The Hall–Kier alpha value is -0.277. The minimum Gasteiger partial charge on any atom is -0.328 e. The molecule has 0 bridgehead atoms. The minimum absolute atomic E-state index is 0. The number of benzene rings is 2. The van der Waals surface area contributed by atoms with Gasteiger partial charge in [-0.1, -0.05) is 45.5 Å². The predicted octanol–water partition coefficient (Wildman–Crippen LogP) is 2.99. The van der Waals surface area contributed by atoms with Gasteiger partial charge in [-0.2, -0.15) is 0 Å². The van der Waals surface area contributed by atoms with Crippen LogP contribution in [0, 0.1) is 13.8 Å². The standard InChI is InChI=1S/C14H17O3PS.Zn/c1-11-3-7-13(8-4-11)19(18(15,16)17)14-9-5-12(2)6-10-14;/h3-10,15-17H,1-2H3;. The maximum absolute atomic E-state index is 9.76. The van der Waals surface area contributed by atoms with Gasteiger partial charge in [0.05, 0.1) is 0 Å². The Morgan fingerprint density at radius 2 is 1.00 bits per heavy atom. The van der Waals surface area contributed by atoms with Gasteiger partial charge in [0.1, 0.15) is 0 Å². The van der Waals surface area contributed by atoms with E-state index < -0.39 is 16.8 Å². The molecule has 0 heterocycles. The van der Waals surface area contributed by atoms with Crippen molar-refractivity contribution in [3.63, 3.8) is 0 Å². The van der Waals surface area contributed by atoms with Crippen LogP contribution in [0.5, 0.6) is 0 Å². The fourth-order valence-corrected chi connectivity index (χ4v) is 5.81. The molecule has 0 radical (unpaired) electrons. The van der Waals surface area contributed by atoms with Gasteiger partial charge < -0.3 is 14.7 Å². The third-order valence-electron chi connectivity index (χ3n) is 2.73. The van der Waals surface area contributed by atoms with Crippen LogP contribution in [0.1, 0.15) is 11.1 Å². The second-order valence-electron chi connectivity index (χ2n) is 4.42. The van der Waals surface area contributed by atoms with Gasteiger partial charge in [0.15, 0.2) is 0 Å². The van der Waals surface area contributed by atoms with Crippen molar-refractivity contribution in [1.82, 2.24) is 0 Å². The van der Waals surface area contributed by atoms with Crippen molar-refractivity contribution in [3.05, 3.63) is 59.7 Å². The Bertz CT molecular complexity index is 577. The van der Waals surface area contributed by atoms with E-state index in [0.29, 0.717) is 0 Å². The monoisotopic (exact) mass is 360 g/mol. The molecule has 0 amide bonds. The topological polar surface area (TPSA) is 60.7 Å². The first-order valence-electron chi connectivity index (χ1n) is 5.83. The molecule has 6 heteroatoms. The molecule has 2 aromatic carbocycles. The number of aryl methyl sites for hydroxylation is 2. The number of rotatable bonds is 2. The van der Waals surface area contributed by atoms with Crippen LogP contribution < -0.4 is 0 Å². The fraction of sp³-hybridized carbons (Fsp3) is 0.143. The summed E-state index contributed by atoms with van der Waals surface area (Å²) in [4.78, 5) is 30.7. The van der Waals surface area contributed by atoms with Crippen molar-refractivity contribution in [2.24, 2.45) is 0 Å². The summed E-state index contributed by atoms with van der Waals surface area (Å²) in [5.74, 6) is 0. The van der Waals surface area contributed by atoms with E-state index in [9.17, 15) is 14.7 Å². The quantitative estimate of drug-likeness (QED) is 0.569. The van der Waals surface area contributed by atoms with Gasteiger partial charge in [0.25, 0.3) is 6.72 Å². The second kappa shape index (κ2) is 7.13. The molecule has 0 aliphatic rings. The molecule has 3 nitrogen and oxygen atoms in total. The molecule has 20 heavy (non-hydrogen) atoms. The first kappa shape index (κ1) is 17.8. The van der Waals surface area contributed by atoms with E-state index in [1.165, 1.54) is 0 Å². The third kappa shape index (κ3) is 4.36. The zero-order valence-corrected chi connectivity index (χ0v) is 16.2. The van der Waals surface area contributed by atoms with Gasteiger partial charge >= 0.3 is 0 Å². The molecule has 0 atom stereocenters. The van der Waals surface area contributed by atoms with Crippen LogP contribution in [0.3, 0.4) is 0 Å². The van der Waals surface area contributed by atoms with E-state index in [-0.39, 0.29) is 19.5 Å². The molecule has 3 N–H and O–H groups in total. The normalized spacial score (nSPS) is 11.3. The average Bonchev–Trinajstić information content (AvgIpc) is 2.33. The Labute approximate surface area is 134 Å². The van der Waals surface area contributed by atoms with Crippen molar-refractivity contribution in [2.75, 3.05) is 0 Å². The van der Waals surface area contributed by atoms with Gasteiger partial charge in [-0.25, -0.2) is 0 Å². The van der Waals surface area contributed by atoms with Crippen LogP contribution in [0.2, 0.25) is 0 Å². The Morgan fingerprint density at radius 3 is 1.25 bits per heavy atom. The first-order valence-corrected chi connectivity index (χ1v) is 9.31. The van der Waals surface area contributed by atoms with Gasteiger partial charge in [-0.3, -0.25) is 0 Å². The Balaban J connectivity index is 0.00000200. The van der Waals surface area contributed by atoms with E-state index in [2.05, 4.69) is 0 Å². The summed E-state index contributed by atoms with van der Waals surface area (Å²) in [6.45, 7) is -0.0415. The molecule has 0 saturated carbocycles. The summed E-state index contributed by atoms with van der Waals surface area (Å²) in [5.41, 5.74) is 2.18. The van der Waals surface area contributed by atoms with E-state index in [4.69, 9.17) is 0 Å². The van der Waals surface area contributed by atoms with Crippen molar-refractivity contribution < 1.29 is 34.2 Å². The summed E-state index contributed by atoms with van der Waals surface area (Å²) in [6.07, 6.45) is 0. The molecule has 0 aliphatic carbocycles. The maximum Gasteiger partial charge on any atom is 0.286 e. The van der Waals surface area contributed by atoms with E-state index >= 15 is 0 Å².